The fourth-order valence-electron chi connectivity index (χ4n) is 1.10. The summed E-state index contributed by atoms with van der Waals surface area (Å²) in [5.41, 5.74) is 0. The zero-order valence-electron chi connectivity index (χ0n) is 10.7. The Morgan fingerprint density at radius 3 is 2.65 bits per heavy atom. The summed E-state index contributed by atoms with van der Waals surface area (Å²) in [5.74, 6) is -0.489. The molecular weight excluding hydrogens is 224 g/mol. The molecule has 0 aliphatic heterocycles. The van der Waals surface area contributed by atoms with Crippen molar-refractivity contribution in [2.24, 2.45) is 0 Å². The minimum Gasteiger partial charge on any atom is -0.465 e. The molecule has 0 fully saturated rings. The molecule has 100 valence electrons. The summed E-state index contributed by atoms with van der Waals surface area (Å²) < 4.78 is 9.65. The van der Waals surface area contributed by atoms with Gasteiger partial charge in [-0.05, 0) is 20.3 Å². The topological polar surface area (TPSA) is 76.7 Å². The van der Waals surface area contributed by atoms with Crippen molar-refractivity contribution in [2.45, 2.75) is 26.3 Å². The van der Waals surface area contributed by atoms with Crippen LogP contribution in [0.5, 0.6) is 0 Å². The molecule has 6 nitrogen and oxygen atoms in total. The molecule has 0 rings (SSSR count). The van der Waals surface area contributed by atoms with Gasteiger partial charge in [0.1, 0.15) is 6.04 Å². The van der Waals surface area contributed by atoms with Crippen LogP contribution in [0.2, 0.25) is 0 Å². The average molecular weight is 246 g/mol. The Balaban J connectivity index is 3.58. The zero-order valence-corrected chi connectivity index (χ0v) is 10.7. The number of rotatable bonds is 9. The van der Waals surface area contributed by atoms with Gasteiger partial charge in [0.15, 0.2) is 0 Å². The van der Waals surface area contributed by atoms with E-state index in [0.29, 0.717) is 19.8 Å². The Hall–Kier alpha value is -1.14. The first-order chi connectivity index (χ1) is 8.11. The third kappa shape index (κ3) is 8.65. The highest BCUT2D eigenvalue weighted by Gasteiger charge is 2.13. The maximum absolute atomic E-state index is 11.3. The van der Waals surface area contributed by atoms with Crippen molar-refractivity contribution >= 4 is 11.9 Å². The van der Waals surface area contributed by atoms with Gasteiger partial charge in [0.2, 0.25) is 5.91 Å². The SMILES string of the molecule is CCOC(=O)C(C)NCC(=O)NCCCOC. The van der Waals surface area contributed by atoms with E-state index in [9.17, 15) is 9.59 Å². The van der Waals surface area contributed by atoms with Gasteiger partial charge in [-0.25, -0.2) is 0 Å². The molecule has 0 aromatic heterocycles. The molecule has 0 saturated heterocycles. The van der Waals surface area contributed by atoms with Gasteiger partial charge in [-0.15, -0.1) is 0 Å². The Morgan fingerprint density at radius 1 is 1.35 bits per heavy atom. The molecular formula is C11H22N2O4. The number of carbonyl (C=O) groups excluding carboxylic acids is 2. The Bertz CT molecular complexity index is 234. The van der Waals surface area contributed by atoms with E-state index in [1.54, 1.807) is 21.0 Å². The summed E-state index contributed by atoms with van der Waals surface area (Å²) in [6, 6.07) is -0.473. The van der Waals surface area contributed by atoms with Crippen LogP contribution in [0.15, 0.2) is 0 Å². The quantitative estimate of drug-likeness (QED) is 0.431. The Kier molecular flexibility index (Phi) is 9.37. The fourth-order valence-corrected chi connectivity index (χ4v) is 1.10. The highest BCUT2D eigenvalue weighted by atomic mass is 16.5. The van der Waals surface area contributed by atoms with E-state index < -0.39 is 6.04 Å². The molecule has 0 saturated carbocycles. The Morgan fingerprint density at radius 2 is 2.06 bits per heavy atom. The second-order valence-corrected chi connectivity index (χ2v) is 3.55. The highest BCUT2D eigenvalue weighted by Crippen LogP contribution is 1.87. The van der Waals surface area contributed by atoms with Crippen molar-refractivity contribution < 1.29 is 19.1 Å². The van der Waals surface area contributed by atoms with Gasteiger partial charge in [-0.1, -0.05) is 0 Å². The normalized spacial score (nSPS) is 11.9. The first-order valence-electron chi connectivity index (χ1n) is 5.77. The molecule has 6 heteroatoms. The summed E-state index contributed by atoms with van der Waals surface area (Å²) in [6.07, 6.45) is 0.773. The number of ether oxygens (including phenoxy) is 2. The van der Waals surface area contributed by atoms with Crippen LogP contribution in [-0.4, -0.2) is 51.3 Å². The lowest BCUT2D eigenvalue weighted by Gasteiger charge is -2.12. The summed E-state index contributed by atoms with van der Waals surface area (Å²) in [5, 5.41) is 5.50. The maximum atomic E-state index is 11.3. The van der Waals surface area contributed by atoms with E-state index in [4.69, 9.17) is 9.47 Å². The number of esters is 1. The number of methoxy groups -OCH3 is 1. The lowest BCUT2D eigenvalue weighted by molar-refractivity contribution is -0.145. The van der Waals surface area contributed by atoms with Crippen LogP contribution in [0.25, 0.3) is 0 Å². The molecule has 17 heavy (non-hydrogen) atoms. The maximum Gasteiger partial charge on any atom is 0.322 e. The number of hydrogen-bond donors (Lipinski definition) is 2. The molecule has 0 aromatic rings. The van der Waals surface area contributed by atoms with Crippen LogP contribution in [0, 0.1) is 0 Å². The monoisotopic (exact) mass is 246 g/mol. The van der Waals surface area contributed by atoms with E-state index in [1.807, 2.05) is 0 Å². The molecule has 0 aliphatic carbocycles. The molecule has 0 radical (unpaired) electrons. The molecule has 0 aliphatic rings. The molecule has 2 N–H and O–H groups in total. The van der Waals surface area contributed by atoms with Crippen molar-refractivity contribution in [3.8, 4) is 0 Å². The number of nitrogens with one attached hydrogen (secondary N) is 2. The standard InChI is InChI=1S/C11H22N2O4/c1-4-17-11(15)9(2)13-8-10(14)12-6-5-7-16-3/h9,13H,4-8H2,1-3H3,(H,12,14). The van der Waals surface area contributed by atoms with E-state index in [2.05, 4.69) is 10.6 Å². The second kappa shape index (κ2) is 10.0. The third-order valence-corrected chi connectivity index (χ3v) is 2.06. The van der Waals surface area contributed by atoms with Gasteiger partial charge < -0.3 is 14.8 Å². The molecule has 0 spiro atoms. The summed E-state index contributed by atoms with van der Waals surface area (Å²) >= 11 is 0. The van der Waals surface area contributed by atoms with Crippen LogP contribution in [0.1, 0.15) is 20.3 Å². The largest absolute Gasteiger partial charge is 0.465 e. The third-order valence-electron chi connectivity index (χ3n) is 2.06. The lowest BCUT2D eigenvalue weighted by atomic mass is 10.3. The molecule has 1 amide bonds. The minimum atomic E-state index is -0.473. The van der Waals surface area contributed by atoms with E-state index in [0.717, 1.165) is 6.42 Å². The molecule has 1 atom stereocenters. The molecule has 1 unspecified atom stereocenters. The lowest BCUT2D eigenvalue weighted by Crippen LogP contribution is -2.42. The van der Waals surface area contributed by atoms with Gasteiger partial charge in [0.05, 0.1) is 13.2 Å². The summed E-state index contributed by atoms with van der Waals surface area (Å²) in [7, 11) is 1.62. The van der Waals surface area contributed by atoms with Crippen molar-refractivity contribution in [3.05, 3.63) is 0 Å². The van der Waals surface area contributed by atoms with Crippen LogP contribution >= 0.6 is 0 Å². The van der Waals surface area contributed by atoms with Crippen molar-refractivity contribution in [2.75, 3.05) is 33.4 Å². The van der Waals surface area contributed by atoms with Crippen LogP contribution in [0.3, 0.4) is 0 Å². The van der Waals surface area contributed by atoms with E-state index in [-0.39, 0.29) is 18.4 Å². The summed E-state index contributed by atoms with van der Waals surface area (Å²) in [6.45, 7) is 5.04. The van der Waals surface area contributed by atoms with Gasteiger partial charge in [0, 0.05) is 20.3 Å². The highest BCUT2D eigenvalue weighted by molar-refractivity contribution is 5.80. The van der Waals surface area contributed by atoms with Crippen molar-refractivity contribution in [1.29, 1.82) is 0 Å². The van der Waals surface area contributed by atoms with Gasteiger partial charge in [0.25, 0.3) is 0 Å². The first kappa shape index (κ1) is 15.9. The predicted octanol–water partition coefficient (Wildman–Crippen LogP) is -0.320. The fraction of sp³-hybridized carbons (Fsp3) is 0.818. The zero-order chi connectivity index (χ0) is 13.1. The Labute approximate surface area is 102 Å². The van der Waals surface area contributed by atoms with Crippen molar-refractivity contribution in [3.63, 3.8) is 0 Å². The van der Waals surface area contributed by atoms with Gasteiger partial charge >= 0.3 is 5.97 Å². The molecule has 0 aromatic carbocycles. The number of carbonyl (C=O) groups is 2. The molecule has 0 bridgehead atoms. The second-order valence-electron chi connectivity index (χ2n) is 3.55. The van der Waals surface area contributed by atoms with Crippen LogP contribution < -0.4 is 10.6 Å². The van der Waals surface area contributed by atoms with E-state index in [1.165, 1.54) is 0 Å². The van der Waals surface area contributed by atoms with Crippen LogP contribution in [-0.2, 0) is 19.1 Å². The summed E-state index contributed by atoms with van der Waals surface area (Å²) in [4.78, 5) is 22.5. The predicted molar refractivity (Wildman–Crippen MR) is 63.6 cm³/mol. The van der Waals surface area contributed by atoms with Crippen molar-refractivity contribution in [1.82, 2.24) is 10.6 Å². The van der Waals surface area contributed by atoms with E-state index >= 15 is 0 Å². The van der Waals surface area contributed by atoms with Gasteiger partial charge in [-0.2, -0.15) is 0 Å². The smallest absolute Gasteiger partial charge is 0.322 e. The average Bonchev–Trinajstić information content (AvgIpc) is 2.32. The number of amides is 1. The minimum absolute atomic E-state index is 0.104. The first-order valence-corrected chi connectivity index (χ1v) is 5.77. The van der Waals surface area contributed by atoms with Crippen LogP contribution in [0.4, 0.5) is 0 Å². The number of hydrogen-bond acceptors (Lipinski definition) is 5. The van der Waals surface area contributed by atoms with Gasteiger partial charge in [-0.3, -0.25) is 14.9 Å². The molecule has 0 heterocycles.